The number of carboxylic acids is 1. The van der Waals surface area contributed by atoms with E-state index in [9.17, 15) is 19.6 Å². The van der Waals surface area contributed by atoms with E-state index in [1.54, 1.807) is 0 Å². The average Bonchev–Trinajstić information content (AvgIpc) is 2.83. The molecule has 8 heteroatoms. The highest BCUT2D eigenvalue weighted by Crippen LogP contribution is 2.32. The van der Waals surface area contributed by atoms with E-state index in [1.165, 1.54) is 57.8 Å². The summed E-state index contributed by atoms with van der Waals surface area (Å²) in [6.45, 7) is 8.43. The highest BCUT2D eigenvalue weighted by atomic mass is 32.2. The van der Waals surface area contributed by atoms with E-state index >= 15 is 0 Å². The molecule has 0 rings (SSSR count). The molecule has 0 aromatic carbocycles. The first-order valence-corrected chi connectivity index (χ1v) is 15.6. The summed E-state index contributed by atoms with van der Waals surface area (Å²) >= 11 is 1.86. The molecule has 202 valence electrons. The van der Waals surface area contributed by atoms with Crippen LogP contribution in [0.2, 0.25) is 0 Å². The molecule has 0 bridgehead atoms. The maximum atomic E-state index is 11.6. The maximum Gasteiger partial charge on any atom is 0.407 e. The van der Waals surface area contributed by atoms with Crippen molar-refractivity contribution in [2.45, 2.75) is 147 Å². The van der Waals surface area contributed by atoms with E-state index in [2.05, 4.69) is 13.8 Å². The fraction of sp³-hybridized carbons (Fsp3) is 0.962. The summed E-state index contributed by atoms with van der Waals surface area (Å²) < 4.78 is 23.0. The number of carboxylic acid groups (broad SMARTS) is 1. The highest BCUT2D eigenvalue weighted by Gasteiger charge is 2.56. The Kier molecular flexibility index (Phi) is 21.9. The monoisotopic (exact) mass is 523 g/mol. The number of hydrogen-bond acceptors (Lipinski definition) is 6. The van der Waals surface area contributed by atoms with Crippen LogP contribution in [0.1, 0.15) is 124 Å². The minimum atomic E-state index is -2.56. The first kappa shape index (κ1) is 33.8. The lowest BCUT2D eigenvalue weighted by Gasteiger charge is -2.30. The zero-order valence-corrected chi connectivity index (χ0v) is 24.0. The first-order valence-electron chi connectivity index (χ1n) is 13.6. The fourth-order valence-electron chi connectivity index (χ4n) is 3.83. The van der Waals surface area contributed by atoms with Crippen molar-refractivity contribution in [1.29, 1.82) is 0 Å². The Bertz CT molecular complexity index is 510. The summed E-state index contributed by atoms with van der Waals surface area (Å²) in [5.41, 5.74) is 0. The number of thioether (sulfide) groups is 1. The quantitative estimate of drug-likeness (QED) is 0.0725. The second-order valence-electron chi connectivity index (χ2n) is 9.30. The van der Waals surface area contributed by atoms with Crippen molar-refractivity contribution in [2.75, 3.05) is 12.4 Å². The van der Waals surface area contributed by atoms with Crippen molar-refractivity contribution in [2.24, 2.45) is 0 Å². The van der Waals surface area contributed by atoms with Gasteiger partial charge in [-0.25, -0.2) is 4.79 Å². The van der Waals surface area contributed by atoms with Crippen LogP contribution in [0, 0.1) is 0 Å². The van der Waals surface area contributed by atoms with Crippen molar-refractivity contribution in [1.82, 2.24) is 0 Å². The summed E-state index contributed by atoms with van der Waals surface area (Å²) in [5.74, 6) is -0.553. The molecule has 0 aliphatic carbocycles. The van der Waals surface area contributed by atoms with E-state index in [4.69, 9.17) is 9.47 Å². The van der Waals surface area contributed by atoms with Crippen molar-refractivity contribution in [3.8, 4) is 0 Å². The molecule has 0 saturated heterocycles. The Balaban J connectivity index is 4.65. The molecule has 34 heavy (non-hydrogen) atoms. The molecular weight excluding hydrogens is 471 g/mol. The van der Waals surface area contributed by atoms with E-state index in [1.807, 2.05) is 25.6 Å². The number of unbranched alkanes of at least 4 members (excludes halogenated alkanes) is 11. The van der Waals surface area contributed by atoms with E-state index < -0.39 is 26.1 Å². The molecule has 0 radical (unpaired) electrons. The van der Waals surface area contributed by atoms with Crippen molar-refractivity contribution < 1.29 is 29.0 Å². The van der Waals surface area contributed by atoms with Crippen LogP contribution in [-0.4, -0.2) is 51.5 Å². The molecule has 0 aromatic heterocycles. The van der Waals surface area contributed by atoms with Gasteiger partial charge < -0.3 is 19.7 Å². The Labute approximate surface area is 214 Å². The second-order valence-corrected chi connectivity index (χ2v) is 11.6. The Hall–Kier alpha value is -0.200. The third-order valence-electron chi connectivity index (χ3n) is 6.08. The van der Waals surface area contributed by atoms with Crippen LogP contribution in [0.4, 0.5) is 0 Å². The molecular formula is C26H52O6PS+. The number of aliphatic carboxylic acids is 1. The van der Waals surface area contributed by atoms with Gasteiger partial charge >= 0.3 is 19.8 Å². The standard InChI is InChI=1S/C26H51O6PS/c1-5-8-10-11-12-13-14-15-16-18-21-34-23(19-17-9-6-2)22(4)32-25(31-20-7-3)26(29,33-30)24(27)28/h22-23,25,29H,5-21H2,1-4H3,(H,27,28)/p+1. The van der Waals surface area contributed by atoms with Gasteiger partial charge in [0, 0.05) is 11.9 Å². The summed E-state index contributed by atoms with van der Waals surface area (Å²) in [7, 11) is -1.48. The minimum Gasteiger partial charge on any atom is -0.476 e. The van der Waals surface area contributed by atoms with Gasteiger partial charge in [-0.15, -0.1) is 0 Å². The molecule has 0 aliphatic heterocycles. The number of hydrogen-bond donors (Lipinski definition) is 2. The molecule has 0 saturated carbocycles. The zero-order chi connectivity index (χ0) is 25.7. The second kappa shape index (κ2) is 22.0. The molecule has 0 spiro atoms. The Morgan fingerprint density at radius 3 is 1.91 bits per heavy atom. The average molecular weight is 524 g/mol. The van der Waals surface area contributed by atoms with Crippen LogP contribution in [0.3, 0.4) is 0 Å². The van der Waals surface area contributed by atoms with Gasteiger partial charge in [0.25, 0.3) is 0 Å². The van der Waals surface area contributed by atoms with Crippen molar-refractivity contribution in [3.05, 3.63) is 0 Å². The van der Waals surface area contributed by atoms with E-state index in [-0.39, 0.29) is 18.0 Å². The van der Waals surface area contributed by atoms with Gasteiger partial charge in [-0.2, -0.15) is 11.8 Å². The smallest absolute Gasteiger partial charge is 0.407 e. The lowest BCUT2D eigenvalue weighted by molar-refractivity contribution is -0.230. The molecule has 0 amide bonds. The number of aliphatic hydroxyl groups is 1. The molecule has 0 fully saturated rings. The molecule has 6 nitrogen and oxygen atoms in total. The summed E-state index contributed by atoms with van der Waals surface area (Å²) in [6.07, 6.45) is 16.2. The van der Waals surface area contributed by atoms with Crippen LogP contribution in [0.5, 0.6) is 0 Å². The predicted molar refractivity (Wildman–Crippen MR) is 144 cm³/mol. The van der Waals surface area contributed by atoms with Crippen LogP contribution >= 0.6 is 20.2 Å². The first-order chi connectivity index (χ1) is 16.4. The molecule has 5 unspecified atom stereocenters. The van der Waals surface area contributed by atoms with Crippen molar-refractivity contribution >= 4 is 26.2 Å². The lowest BCUT2D eigenvalue weighted by Crippen LogP contribution is -2.50. The largest absolute Gasteiger partial charge is 0.476 e. The molecule has 5 atom stereocenters. The van der Waals surface area contributed by atoms with Gasteiger partial charge in [0.05, 0.1) is 6.10 Å². The van der Waals surface area contributed by atoms with Gasteiger partial charge in [0.1, 0.15) is 0 Å². The Morgan fingerprint density at radius 2 is 1.41 bits per heavy atom. The molecule has 0 heterocycles. The SMILES string of the molecule is CCCCCCCCCCCCSC(CCCCC)C(C)OC(OCCC)C(O)([PH+]=O)C(=O)O. The van der Waals surface area contributed by atoms with Gasteiger partial charge in [-0.1, -0.05) is 102 Å². The third kappa shape index (κ3) is 15.0. The van der Waals surface area contributed by atoms with E-state index in [0.29, 0.717) is 6.42 Å². The molecule has 0 aromatic rings. The maximum absolute atomic E-state index is 11.6. The number of rotatable bonds is 25. The topological polar surface area (TPSA) is 93.1 Å². The zero-order valence-electron chi connectivity index (χ0n) is 22.2. The fourth-order valence-corrected chi connectivity index (χ4v) is 5.51. The molecule has 0 aliphatic rings. The molecule has 2 N–H and O–H groups in total. The third-order valence-corrected chi connectivity index (χ3v) is 8.41. The normalized spacial score (nSPS) is 16.3. The number of carbonyl (C=O) groups is 1. The van der Waals surface area contributed by atoms with Gasteiger partial charge in [-0.05, 0) is 31.9 Å². The minimum absolute atomic E-state index is 0.172. The predicted octanol–water partition coefficient (Wildman–Crippen LogP) is 7.54. The van der Waals surface area contributed by atoms with E-state index in [0.717, 1.165) is 37.9 Å². The lowest BCUT2D eigenvalue weighted by atomic mass is 10.1. The van der Waals surface area contributed by atoms with Gasteiger partial charge in [-0.3, -0.25) is 0 Å². The summed E-state index contributed by atoms with van der Waals surface area (Å²) in [4.78, 5) is 11.6. The van der Waals surface area contributed by atoms with Crippen molar-refractivity contribution in [3.63, 3.8) is 0 Å². The summed E-state index contributed by atoms with van der Waals surface area (Å²) in [5, 5.41) is 17.5. The highest BCUT2D eigenvalue weighted by molar-refractivity contribution is 7.99. The van der Waals surface area contributed by atoms with Gasteiger partial charge in [0.15, 0.2) is 0 Å². The van der Waals surface area contributed by atoms with Crippen LogP contribution in [-0.2, 0) is 18.8 Å². The van der Waals surface area contributed by atoms with Gasteiger partial charge in [0.2, 0.25) is 6.29 Å². The summed E-state index contributed by atoms with van der Waals surface area (Å²) in [6, 6.07) is 0. The van der Waals surface area contributed by atoms with Crippen LogP contribution in [0.25, 0.3) is 0 Å². The number of ether oxygens (including phenoxy) is 2. The van der Waals surface area contributed by atoms with Crippen LogP contribution in [0.15, 0.2) is 0 Å². The van der Waals surface area contributed by atoms with Crippen LogP contribution < -0.4 is 0 Å². The Morgan fingerprint density at radius 1 is 0.882 bits per heavy atom.